The van der Waals surface area contributed by atoms with E-state index in [4.69, 9.17) is 9.40 Å². The van der Waals surface area contributed by atoms with Crippen molar-refractivity contribution in [3.05, 3.63) is 71.5 Å². The number of fused-ring (bicyclic) bond motifs is 5. The van der Waals surface area contributed by atoms with E-state index in [1.54, 1.807) is 0 Å². The largest absolute Gasteiger partial charge is 0.453 e. The number of pyridine rings is 2. The Morgan fingerprint density at radius 3 is 2.30 bits per heavy atom. The number of benzene rings is 2. The lowest BCUT2D eigenvalue weighted by Crippen LogP contribution is -2.40. The van der Waals surface area contributed by atoms with Crippen molar-refractivity contribution in [3.8, 4) is 11.3 Å². The van der Waals surface area contributed by atoms with Gasteiger partial charge in [0.05, 0.1) is 5.56 Å². The van der Waals surface area contributed by atoms with Crippen LogP contribution in [0.25, 0.3) is 44.1 Å². The molecular formula is C30H31N2O+. The standard InChI is InChI=1S/C30H31N2O/c1-18-16-31-27-21-13-19-9-7-8-10-20(19)14-25(21)33-28(27)26(18)24-15-22-23(17-32(24)6)30(4,5)12-11-29(22,2)3/h7-10,13-17H,11-12H2,1-6H3/q+1. The maximum atomic E-state index is 6.54. The molecule has 0 N–H and O–H groups in total. The molecule has 0 fully saturated rings. The van der Waals surface area contributed by atoms with Crippen molar-refractivity contribution in [2.75, 3.05) is 0 Å². The highest BCUT2D eigenvalue weighted by Gasteiger charge is 2.40. The minimum atomic E-state index is 0.152. The molecule has 0 saturated heterocycles. The van der Waals surface area contributed by atoms with Crippen LogP contribution in [-0.4, -0.2) is 4.98 Å². The number of hydrogen-bond donors (Lipinski definition) is 0. The van der Waals surface area contributed by atoms with Gasteiger partial charge in [-0.05, 0) is 64.6 Å². The summed E-state index contributed by atoms with van der Waals surface area (Å²) in [5, 5.41) is 3.47. The fraction of sp³-hybridized carbons (Fsp3) is 0.333. The van der Waals surface area contributed by atoms with Gasteiger partial charge in [-0.15, -0.1) is 0 Å². The van der Waals surface area contributed by atoms with Crippen molar-refractivity contribution in [1.29, 1.82) is 0 Å². The highest BCUT2D eigenvalue weighted by molar-refractivity contribution is 6.11. The highest BCUT2D eigenvalue weighted by Crippen LogP contribution is 2.46. The summed E-state index contributed by atoms with van der Waals surface area (Å²) in [4.78, 5) is 4.83. The van der Waals surface area contributed by atoms with E-state index in [-0.39, 0.29) is 10.8 Å². The van der Waals surface area contributed by atoms with E-state index in [1.165, 1.54) is 40.4 Å². The van der Waals surface area contributed by atoms with E-state index < -0.39 is 0 Å². The van der Waals surface area contributed by atoms with Crippen molar-refractivity contribution in [2.24, 2.45) is 7.05 Å². The third-order valence-electron chi connectivity index (χ3n) is 7.90. The summed E-state index contributed by atoms with van der Waals surface area (Å²) >= 11 is 0. The van der Waals surface area contributed by atoms with Gasteiger partial charge in [0, 0.05) is 23.2 Å². The molecule has 0 unspecified atom stereocenters. The molecule has 0 spiro atoms. The molecule has 0 aliphatic heterocycles. The molecule has 0 bridgehead atoms. The van der Waals surface area contributed by atoms with Crippen LogP contribution in [0.4, 0.5) is 0 Å². The molecule has 166 valence electrons. The van der Waals surface area contributed by atoms with E-state index in [0.29, 0.717) is 0 Å². The minimum absolute atomic E-state index is 0.152. The average Bonchev–Trinajstić information content (AvgIpc) is 3.13. The topological polar surface area (TPSA) is 29.9 Å². The van der Waals surface area contributed by atoms with E-state index in [9.17, 15) is 0 Å². The number of furan rings is 1. The van der Waals surface area contributed by atoms with Crippen molar-refractivity contribution in [2.45, 2.75) is 58.3 Å². The third kappa shape index (κ3) is 2.95. The van der Waals surface area contributed by atoms with Gasteiger partial charge < -0.3 is 4.42 Å². The van der Waals surface area contributed by atoms with E-state index >= 15 is 0 Å². The van der Waals surface area contributed by atoms with Gasteiger partial charge in [0.1, 0.15) is 18.1 Å². The van der Waals surface area contributed by atoms with Crippen LogP contribution < -0.4 is 4.57 Å². The smallest absolute Gasteiger partial charge is 0.216 e. The molecule has 2 aromatic carbocycles. The summed E-state index contributed by atoms with van der Waals surface area (Å²) in [7, 11) is 2.16. The number of rotatable bonds is 1. The Labute approximate surface area is 195 Å². The molecule has 0 radical (unpaired) electrons. The normalized spacial score (nSPS) is 17.0. The third-order valence-corrected chi connectivity index (χ3v) is 7.90. The Morgan fingerprint density at radius 1 is 0.909 bits per heavy atom. The minimum Gasteiger partial charge on any atom is -0.453 e. The first-order chi connectivity index (χ1) is 15.7. The predicted molar refractivity (Wildman–Crippen MR) is 136 cm³/mol. The molecule has 0 amide bonds. The van der Waals surface area contributed by atoms with Crippen LogP contribution >= 0.6 is 0 Å². The van der Waals surface area contributed by atoms with Crippen molar-refractivity contribution < 1.29 is 8.98 Å². The second kappa shape index (κ2) is 6.66. The summed E-state index contributed by atoms with van der Waals surface area (Å²) in [6.45, 7) is 11.7. The molecule has 1 aliphatic rings. The van der Waals surface area contributed by atoms with Gasteiger partial charge in [0.15, 0.2) is 11.8 Å². The summed E-state index contributed by atoms with van der Waals surface area (Å²) in [6, 6.07) is 15.2. The van der Waals surface area contributed by atoms with Crippen molar-refractivity contribution in [1.82, 2.24) is 4.98 Å². The zero-order valence-corrected chi connectivity index (χ0v) is 20.4. The Hall–Kier alpha value is -3.20. The van der Waals surface area contributed by atoms with Crippen LogP contribution in [0.1, 0.15) is 57.2 Å². The van der Waals surface area contributed by atoms with Gasteiger partial charge in [0.2, 0.25) is 5.69 Å². The Balaban J connectivity index is 1.68. The molecular weight excluding hydrogens is 404 g/mol. The van der Waals surface area contributed by atoms with Crippen LogP contribution in [0, 0.1) is 6.92 Å². The Bertz CT molecular complexity index is 1590. The molecule has 33 heavy (non-hydrogen) atoms. The van der Waals surface area contributed by atoms with Crippen LogP contribution in [0.5, 0.6) is 0 Å². The van der Waals surface area contributed by atoms with Gasteiger partial charge in [0.25, 0.3) is 0 Å². The number of hydrogen-bond acceptors (Lipinski definition) is 2. The molecule has 3 heterocycles. The van der Waals surface area contributed by atoms with Gasteiger partial charge in [-0.3, -0.25) is 4.98 Å². The van der Waals surface area contributed by atoms with Crippen LogP contribution in [-0.2, 0) is 17.9 Å². The van der Waals surface area contributed by atoms with Gasteiger partial charge in [-0.1, -0.05) is 52.0 Å². The first-order valence-electron chi connectivity index (χ1n) is 11.9. The zero-order valence-electron chi connectivity index (χ0n) is 20.4. The highest BCUT2D eigenvalue weighted by atomic mass is 16.3. The number of aromatic nitrogens is 2. The summed E-state index contributed by atoms with van der Waals surface area (Å²) in [6.07, 6.45) is 6.76. The molecule has 0 atom stereocenters. The van der Waals surface area contributed by atoms with Crippen molar-refractivity contribution >= 4 is 32.8 Å². The van der Waals surface area contributed by atoms with E-state index in [0.717, 1.165) is 33.2 Å². The van der Waals surface area contributed by atoms with Gasteiger partial charge >= 0.3 is 0 Å². The van der Waals surface area contributed by atoms with Crippen molar-refractivity contribution in [3.63, 3.8) is 0 Å². The molecule has 3 nitrogen and oxygen atoms in total. The number of nitrogens with zero attached hydrogens (tertiary/aromatic N) is 2. The second-order valence-electron chi connectivity index (χ2n) is 11.2. The lowest BCUT2D eigenvalue weighted by atomic mass is 9.63. The molecule has 3 heteroatoms. The maximum Gasteiger partial charge on any atom is 0.216 e. The lowest BCUT2D eigenvalue weighted by molar-refractivity contribution is -0.661. The SMILES string of the molecule is Cc1cnc2c(oc3cc4ccccc4cc32)c1-c1cc2c(c[n+]1C)C(C)(C)CCC2(C)C. The summed E-state index contributed by atoms with van der Waals surface area (Å²) in [5.41, 5.74) is 9.43. The van der Waals surface area contributed by atoms with E-state index in [1.807, 2.05) is 6.20 Å². The molecule has 6 rings (SSSR count). The summed E-state index contributed by atoms with van der Waals surface area (Å²) in [5.74, 6) is 0. The summed E-state index contributed by atoms with van der Waals surface area (Å²) < 4.78 is 8.83. The second-order valence-corrected chi connectivity index (χ2v) is 11.2. The van der Waals surface area contributed by atoms with Gasteiger partial charge in [-0.2, -0.15) is 0 Å². The Morgan fingerprint density at radius 2 is 1.58 bits per heavy atom. The monoisotopic (exact) mass is 435 g/mol. The fourth-order valence-corrected chi connectivity index (χ4v) is 5.68. The fourth-order valence-electron chi connectivity index (χ4n) is 5.68. The first kappa shape index (κ1) is 20.4. The lowest BCUT2D eigenvalue weighted by Gasteiger charge is -2.40. The van der Waals surface area contributed by atoms with Crippen LogP contribution in [0.15, 0.2) is 59.3 Å². The molecule has 0 saturated carbocycles. The molecule has 1 aliphatic carbocycles. The number of aryl methyl sites for hydroxylation is 2. The molecule has 5 aromatic rings. The van der Waals surface area contributed by atoms with Crippen LogP contribution in [0.2, 0.25) is 0 Å². The van der Waals surface area contributed by atoms with Gasteiger partial charge in [-0.25, -0.2) is 4.57 Å². The maximum absolute atomic E-state index is 6.54. The van der Waals surface area contributed by atoms with Crippen LogP contribution in [0.3, 0.4) is 0 Å². The zero-order chi connectivity index (χ0) is 23.1. The average molecular weight is 436 g/mol. The molecule has 3 aromatic heterocycles. The van der Waals surface area contributed by atoms with E-state index in [2.05, 4.69) is 94.9 Å². The first-order valence-corrected chi connectivity index (χ1v) is 11.9. The predicted octanol–water partition coefficient (Wildman–Crippen LogP) is 7.28. The Kier molecular flexibility index (Phi) is 4.12. The quantitative estimate of drug-likeness (QED) is 0.259.